The largest absolute Gasteiger partial charge is 0.465 e. The number of amides is 1. The number of hydrogen-bond acceptors (Lipinski definition) is 7. The molecule has 24 heavy (non-hydrogen) atoms. The second kappa shape index (κ2) is 7.41. The summed E-state index contributed by atoms with van der Waals surface area (Å²) in [5, 5.41) is 12.8. The van der Waals surface area contributed by atoms with Gasteiger partial charge in [0, 0.05) is 6.92 Å². The summed E-state index contributed by atoms with van der Waals surface area (Å²) < 4.78 is 15.0. The van der Waals surface area contributed by atoms with Gasteiger partial charge in [-0.3, -0.25) is 4.79 Å². The summed E-state index contributed by atoms with van der Waals surface area (Å²) >= 11 is 0. The van der Waals surface area contributed by atoms with E-state index < -0.39 is 29.9 Å². The Morgan fingerprint density at radius 1 is 1.29 bits per heavy atom. The molecule has 0 bridgehead atoms. The van der Waals surface area contributed by atoms with E-state index in [1.165, 1.54) is 6.92 Å². The normalized spacial score (nSPS) is 26.3. The Balaban J connectivity index is 2.17. The maximum absolute atomic E-state index is 12.2. The molecule has 130 valence electrons. The Labute approximate surface area is 138 Å². The quantitative estimate of drug-likeness (QED) is 0.744. The summed E-state index contributed by atoms with van der Waals surface area (Å²) in [7, 11) is 1.11. The van der Waals surface area contributed by atoms with Crippen LogP contribution in [0.25, 0.3) is 0 Å². The van der Waals surface area contributed by atoms with Gasteiger partial charge in [-0.1, -0.05) is 18.2 Å². The maximum Gasteiger partial charge on any atom is 0.366 e. The van der Waals surface area contributed by atoms with Crippen molar-refractivity contribution in [3.8, 4) is 0 Å². The molecule has 1 aliphatic heterocycles. The topological polar surface area (TPSA) is 111 Å². The zero-order valence-corrected chi connectivity index (χ0v) is 13.4. The van der Waals surface area contributed by atoms with Gasteiger partial charge in [0.2, 0.25) is 5.91 Å². The highest BCUT2D eigenvalue weighted by Gasteiger charge is 2.49. The van der Waals surface area contributed by atoms with Crippen molar-refractivity contribution in [2.24, 2.45) is 0 Å². The van der Waals surface area contributed by atoms with E-state index >= 15 is 0 Å². The number of carbonyl (C=O) groups excluding carboxylic acids is 3. The van der Waals surface area contributed by atoms with Gasteiger partial charge in [0.1, 0.15) is 6.10 Å². The van der Waals surface area contributed by atoms with E-state index in [9.17, 15) is 19.5 Å². The molecule has 1 saturated heterocycles. The zero-order valence-electron chi connectivity index (χ0n) is 13.4. The van der Waals surface area contributed by atoms with Gasteiger partial charge in [-0.05, 0) is 12.1 Å². The van der Waals surface area contributed by atoms with Crippen molar-refractivity contribution in [2.45, 2.75) is 31.3 Å². The summed E-state index contributed by atoms with van der Waals surface area (Å²) in [5.41, 5.74) is 0.312. The van der Waals surface area contributed by atoms with Gasteiger partial charge in [0.25, 0.3) is 5.79 Å². The van der Waals surface area contributed by atoms with Crippen molar-refractivity contribution < 1.29 is 33.7 Å². The highest BCUT2D eigenvalue weighted by Crippen LogP contribution is 2.27. The fourth-order valence-corrected chi connectivity index (χ4v) is 2.41. The summed E-state index contributed by atoms with van der Waals surface area (Å²) in [6.07, 6.45) is -1.32. The molecule has 2 rings (SSSR count). The Kier molecular flexibility index (Phi) is 5.53. The van der Waals surface area contributed by atoms with Crippen molar-refractivity contribution >= 4 is 17.8 Å². The molecule has 1 aliphatic rings. The molecule has 0 saturated carbocycles. The van der Waals surface area contributed by atoms with Crippen molar-refractivity contribution in [1.29, 1.82) is 0 Å². The lowest BCUT2D eigenvalue weighted by molar-refractivity contribution is -0.255. The van der Waals surface area contributed by atoms with Crippen LogP contribution in [-0.2, 0) is 23.8 Å². The molecule has 1 fully saturated rings. The smallest absolute Gasteiger partial charge is 0.366 e. The van der Waals surface area contributed by atoms with Crippen LogP contribution in [0.2, 0.25) is 0 Å². The predicted octanol–water partition coefficient (Wildman–Crippen LogP) is -0.00140. The van der Waals surface area contributed by atoms with Crippen LogP contribution in [-0.4, -0.2) is 54.6 Å². The monoisotopic (exact) mass is 337 g/mol. The van der Waals surface area contributed by atoms with E-state index in [1.54, 1.807) is 30.3 Å². The van der Waals surface area contributed by atoms with Crippen LogP contribution in [0.15, 0.2) is 30.3 Å². The van der Waals surface area contributed by atoms with Gasteiger partial charge in [-0.25, -0.2) is 9.59 Å². The number of ether oxygens (including phenoxy) is 3. The average Bonchev–Trinajstić information content (AvgIpc) is 2.57. The lowest BCUT2D eigenvalue weighted by atomic mass is 9.98. The van der Waals surface area contributed by atoms with Gasteiger partial charge in [0.05, 0.1) is 31.7 Å². The molecule has 8 heteroatoms. The first-order chi connectivity index (χ1) is 11.4. The van der Waals surface area contributed by atoms with E-state index in [0.717, 1.165) is 7.11 Å². The Bertz CT molecular complexity index is 618. The molecule has 3 atom stereocenters. The molecule has 0 radical (unpaired) electrons. The highest BCUT2D eigenvalue weighted by molar-refractivity contribution is 5.89. The molecule has 1 aromatic carbocycles. The number of hydrogen-bond donors (Lipinski definition) is 2. The van der Waals surface area contributed by atoms with Gasteiger partial charge < -0.3 is 24.6 Å². The lowest BCUT2D eigenvalue weighted by Crippen LogP contribution is -2.59. The predicted molar refractivity (Wildman–Crippen MR) is 80.8 cm³/mol. The molecule has 0 unspecified atom stereocenters. The SMILES string of the molecule is COC(=O)[C@]1(O)C[C@H](OC(=O)c2ccccc2)[C@@H](NC(C)=O)CO1. The first-order valence-corrected chi connectivity index (χ1v) is 7.33. The van der Waals surface area contributed by atoms with Crippen LogP contribution in [0.3, 0.4) is 0 Å². The van der Waals surface area contributed by atoms with Crippen LogP contribution >= 0.6 is 0 Å². The molecule has 1 heterocycles. The molecule has 8 nitrogen and oxygen atoms in total. The number of nitrogens with one attached hydrogen (secondary N) is 1. The molecule has 2 N–H and O–H groups in total. The number of rotatable bonds is 4. The first-order valence-electron chi connectivity index (χ1n) is 7.33. The average molecular weight is 337 g/mol. The van der Waals surface area contributed by atoms with Crippen LogP contribution in [0.5, 0.6) is 0 Å². The summed E-state index contributed by atoms with van der Waals surface area (Å²) in [6, 6.07) is 7.55. The van der Waals surface area contributed by atoms with Gasteiger partial charge in [-0.15, -0.1) is 0 Å². The minimum absolute atomic E-state index is 0.210. The van der Waals surface area contributed by atoms with E-state index in [0.29, 0.717) is 5.56 Å². The minimum atomic E-state index is -2.23. The minimum Gasteiger partial charge on any atom is -0.465 e. The second-order valence-corrected chi connectivity index (χ2v) is 5.41. The van der Waals surface area contributed by atoms with Gasteiger partial charge in [0.15, 0.2) is 0 Å². The van der Waals surface area contributed by atoms with Crippen molar-refractivity contribution in [1.82, 2.24) is 5.32 Å². The second-order valence-electron chi connectivity index (χ2n) is 5.41. The van der Waals surface area contributed by atoms with Gasteiger partial charge in [-0.2, -0.15) is 0 Å². The van der Waals surface area contributed by atoms with E-state index in [4.69, 9.17) is 9.47 Å². The zero-order chi connectivity index (χ0) is 17.7. The molecule has 0 aromatic heterocycles. The first kappa shape index (κ1) is 17.9. The highest BCUT2D eigenvalue weighted by atomic mass is 16.7. The summed E-state index contributed by atoms with van der Waals surface area (Å²) in [5.74, 6) is -4.21. The molecule has 0 spiro atoms. The van der Waals surface area contributed by atoms with Crippen molar-refractivity contribution in [3.63, 3.8) is 0 Å². The number of methoxy groups -OCH3 is 1. The van der Waals surface area contributed by atoms with Crippen LogP contribution in [0.1, 0.15) is 23.7 Å². The van der Waals surface area contributed by atoms with Crippen LogP contribution in [0.4, 0.5) is 0 Å². The molecular formula is C16H19NO7. The summed E-state index contributed by atoms with van der Waals surface area (Å²) in [4.78, 5) is 35.2. The number of benzene rings is 1. The third-order valence-corrected chi connectivity index (χ3v) is 3.59. The summed E-state index contributed by atoms with van der Waals surface area (Å²) in [6.45, 7) is 1.09. The molecule has 1 amide bonds. The molecular weight excluding hydrogens is 318 g/mol. The van der Waals surface area contributed by atoms with E-state index in [-0.39, 0.29) is 18.9 Å². The number of esters is 2. The van der Waals surface area contributed by atoms with Gasteiger partial charge >= 0.3 is 11.9 Å². The lowest BCUT2D eigenvalue weighted by Gasteiger charge is -2.39. The van der Waals surface area contributed by atoms with Crippen molar-refractivity contribution in [2.75, 3.05) is 13.7 Å². The fraction of sp³-hybridized carbons (Fsp3) is 0.438. The standard InChI is InChI=1S/C16H19NO7/c1-10(18)17-12-9-23-16(21,15(20)22-2)8-13(12)24-14(19)11-6-4-3-5-7-11/h3-7,12-13,21H,8-9H2,1-2H3,(H,17,18)/t12-,13-,16-/m0/s1. The third kappa shape index (κ3) is 4.09. The van der Waals surface area contributed by atoms with E-state index in [2.05, 4.69) is 10.1 Å². The molecule has 0 aliphatic carbocycles. The molecule has 1 aromatic rings. The maximum atomic E-state index is 12.2. The number of aliphatic hydroxyl groups is 1. The van der Waals surface area contributed by atoms with Crippen LogP contribution in [0, 0.1) is 0 Å². The van der Waals surface area contributed by atoms with Crippen molar-refractivity contribution in [3.05, 3.63) is 35.9 Å². The number of carbonyl (C=O) groups is 3. The Morgan fingerprint density at radius 3 is 2.54 bits per heavy atom. The van der Waals surface area contributed by atoms with E-state index in [1.807, 2.05) is 0 Å². The van der Waals surface area contributed by atoms with Crippen LogP contribution < -0.4 is 5.32 Å². The fourth-order valence-electron chi connectivity index (χ4n) is 2.41. The Hall–Kier alpha value is -2.45. The Morgan fingerprint density at radius 2 is 1.96 bits per heavy atom. The third-order valence-electron chi connectivity index (χ3n) is 3.59.